The van der Waals surface area contributed by atoms with Crippen LogP contribution in [0, 0.1) is 0 Å². The molecule has 0 bridgehead atoms. The van der Waals surface area contributed by atoms with Gasteiger partial charge in [0, 0.05) is 6.04 Å². The minimum atomic E-state index is -3.85. The average molecular weight is 193 g/mol. The third-order valence-electron chi connectivity index (χ3n) is 2.46. The summed E-state index contributed by atoms with van der Waals surface area (Å²) in [6, 6.07) is -0.0752. The maximum atomic E-state index is 10.9. The molecule has 1 aliphatic carbocycles. The Bertz CT molecular complexity index is 237. The first-order valence-electron chi connectivity index (χ1n) is 4.19. The first-order chi connectivity index (χ1) is 5.55. The van der Waals surface area contributed by atoms with Crippen LogP contribution in [-0.2, 0) is 10.1 Å². The van der Waals surface area contributed by atoms with Gasteiger partial charge in [0.25, 0.3) is 10.1 Å². The Labute approximate surface area is 73.1 Å². The molecule has 1 aliphatic rings. The Morgan fingerprint density at radius 1 is 1.33 bits per heavy atom. The standard InChI is InChI=1S/C7H15NO3S/c1-8-6-4-2-3-5-7(6)12(9,10)11/h6-8H,2-5H2,1H3,(H,9,10,11). The number of hydrogen-bond acceptors (Lipinski definition) is 3. The summed E-state index contributed by atoms with van der Waals surface area (Å²) < 4.78 is 30.6. The van der Waals surface area contributed by atoms with Crippen molar-refractivity contribution in [1.82, 2.24) is 5.32 Å². The minimum absolute atomic E-state index is 0.0752. The Morgan fingerprint density at radius 2 is 1.92 bits per heavy atom. The van der Waals surface area contributed by atoms with E-state index in [1.54, 1.807) is 7.05 Å². The van der Waals surface area contributed by atoms with Gasteiger partial charge in [0.05, 0.1) is 0 Å². The molecule has 0 radical (unpaired) electrons. The van der Waals surface area contributed by atoms with Gasteiger partial charge in [-0.05, 0) is 19.9 Å². The Morgan fingerprint density at radius 3 is 2.33 bits per heavy atom. The highest BCUT2D eigenvalue weighted by Gasteiger charge is 2.33. The van der Waals surface area contributed by atoms with Crippen molar-refractivity contribution in [1.29, 1.82) is 0 Å². The summed E-state index contributed by atoms with van der Waals surface area (Å²) in [7, 11) is -2.12. The second kappa shape index (κ2) is 3.72. The molecule has 2 N–H and O–H groups in total. The molecule has 1 rings (SSSR count). The zero-order valence-corrected chi connectivity index (χ0v) is 7.97. The molecule has 4 nitrogen and oxygen atoms in total. The summed E-state index contributed by atoms with van der Waals surface area (Å²) in [5.74, 6) is 0. The molecule has 0 aliphatic heterocycles. The summed E-state index contributed by atoms with van der Waals surface area (Å²) in [6.07, 6.45) is 3.34. The molecule has 0 heterocycles. The highest BCUT2D eigenvalue weighted by molar-refractivity contribution is 7.86. The third-order valence-corrected chi connectivity index (χ3v) is 3.79. The molecule has 12 heavy (non-hydrogen) atoms. The van der Waals surface area contributed by atoms with E-state index in [0.717, 1.165) is 19.3 Å². The molecule has 0 aromatic heterocycles. The van der Waals surface area contributed by atoms with Crippen molar-refractivity contribution in [3.63, 3.8) is 0 Å². The van der Waals surface area contributed by atoms with E-state index in [2.05, 4.69) is 5.32 Å². The average Bonchev–Trinajstić information content (AvgIpc) is 2.03. The van der Waals surface area contributed by atoms with Crippen LogP contribution < -0.4 is 5.32 Å². The summed E-state index contributed by atoms with van der Waals surface area (Å²) in [4.78, 5) is 0. The van der Waals surface area contributed by atoms with Crippen LogP contribution in [0.1, 0.15) is 25.7 Å². The Balaban J connectivity index is 2.72. The van der Waals surface area contributed by atoms with Crippen molar-refractivity contribution in [2.24, 2.45) is 0 Å². The van der Waals surface area contributed by atoms with E-state index < -0.39 is 15.4 Å². The second-order valence-electron chi connectivity index (χ2n) is 3.23. The van der Waals surface area contributed by atoms with Gasteiger partial charge in [0.15, 0.2) is 0 Å². The molecule has 5 heteroatoms. The molecule has 0 amide bonds. The molecule has 0 aromatic rings. The van der Waals surface area contributed by atoms with Gasteiger partial charge in [-0.1, -0.05) is 12.8 Å². The third kappa shape index (κ3) is 2.18. The molecule has 1 fully saturated rings. The van der Waals surface area contributed by atoms with E-state index in [4.69, 9.17) is 4.55 Å². The fraction of sp³-hybridized carbons (Fsp3) is 1.00. The number of rotatable bonds is 2. The van der Waals surface area contributed by atoms with Gasteiger partial charge in [-0.25, -0.2) is 0 Å². The highest BCUT2D eigenvalue weighted by Crippen LogP contribution is 2.23. The quantitative estimate of drug-likeness (QED) is 0.623. The summed E-state index contributed by atoms with van der Waals surface area (Å²) in [6.45, 7) is 0. The molecule has 2 unspecified atom stereocenters. The van der Waals surface area contributed by atoms with Crippen LogP contribution in [0.4, 0.5) is 0 Å². The van der Waals surface area contributed by atoms with Crippen molar-refractivity contribution in [2.45, 2.75) is 37.0 Å². The lowest BCUT2D eigenvalue weighted by Gasteiger charge is -2.28. The van der Waals surface area contributed by atoms with E-state index in [1.165, 1.54) is 0 Å². The van der Waals surface area contributed by atoms with Crippen LogP contribution >= 0.6 is 0 Å². The van der Waals surface area contributed by atoms with Crippen LogP contribution in [0.2, 0.25) is 0 Å². The van der Waals surface area contributed by atoms with Crippen molar-refractivity contribution >= 4 is 10.1 Å². The van der Waals surface area contributed by atoms with E-state index in [1.807, 2.05) is 0 Å². The molecule has 2 atom stereocenters. The van der Waals surface area contributed by atoms with Gasteiger partial charge >= 0.3 is 0 Å². The van der Waals surface area contributed by atoms with E-state index >= 15 is 0 Å². The monoisotopic (exact) mass is 193 g/mol. The fourth-order valence-corrected chi connectivity index (χ4v) is 2.94. The molecule has 1 saturated carbocycles. The lowest BCUT2D eigenvalue weighted by Crippen LogP contribution is -2.44. The van der Waals surface area contributed by atoms with Crippen molar-refractivity contribution in [2.75, 3.05) is 7.05 Å². The predicted molar refractivity (Wildman–Crippen MR) is 46.7 cm³/mol. The van der Waals surface area contributed by atoms with Gasteiger partial charge in [0.2, 0.25) is 0 Å². The first-order valence-corrected chi connectivity index (χ1v) is 5.69. The van der Waals surface area contributed by atoms with E-state index in [-0.39, 0.29) is 6.04 Å². The number of hydrogen-bond donors (Lipinski definition) is 2. The smallest absolute Gasteiger partial charge is 0.269 e. The topological polar surface area (TPSA) is 66.4 Å². The van der Waals surface area contributed by atoms with Crippen LogP contribution in [0.5, 0.6) is 0 Å². The van der Waals surface area contributed by atoms with Crippen LogP contribution in [-0.4, -0.2) is 31.3 Å². The zero-order chi connectivity index (χ0) is 9.19. The SMILES string of the molecule is CNC1CCCCC1S(=O)(=O)O. The Hall–Kier alpha value is -0.130. The lowest BCUT2D eigenvalue weighted by atomic mass is 9.95. The van der Waals surface area contributed by atoms with Crippen molar-refractivity contribution < 1.29 is 13.0 Å². The molecule has 0 saturated heterocycles. The zero-order valence-electron chi connectivity index (χ0n) is 7.16. The van der Waals surface area contributed by atoms with Crippen molar-refractivity contribution in [3.8, 4) is 0 Å². The maximum Gasteiger partial charge on any atom is 0.269 e. The largest absolute Gasteiger partial charge is 0.316 e. The van der Waals surface area contributed by atoms with E-state index in [9.17, 15) is 8.42 Å². The Kier molecular flexibility index (Phi) is 3.09. The van der Waals surface area contributed by atoms with Gasteiger partial charge < -0.3 is 5.32 Å². The first kappa shape index (κ1) is 9.95. The van der Waals surface area contributed by atoms with Gasteiger partial charge in [-0.2, -0.15) is 8.42 Å². The lowest BCUT2D eigenvalue weighted by molar-refractivity contribution is 0.365. The molecule has 72 valence electrons. The van der Waals surface area contributed by atoms with Gasteiger partial charge in [-0.3, -0.25) is 4.55 Å². The minimum Gasteiger partial charge on any atom is -0.316 e. The summed E-state index contributed by atoms with van der Waals surface area (Å²) >= 11 is 0. The molecular weight excluding hydrogens is 178 g/mol. The van der Waals surface area contributed by atoms with Crippen LogP contribution in [0.15, 0.2) is 0 Å². The highest BCUT2D eigenvalue weighted by atomic mass is 32.2. The molecular formula is C7H15NO3S. The van der Waals surface area contributed by atoms with Crippen LogP contribution in [0.25, 0.3) is 0 Å². The van der Waals surface area contributed by atoms with E-state index in [0.29, 0.717) is 6.42 Å². The fourth-order valence-electron chi connectivity index (χ4n) is 1.78. The van der Waals surface area contributed by atoms with Crippen LogP contribution in [0.3, 0.4) is 0 Å². The molecule has 0 aromatic carbocycles. The maximum absolute atomic E-state index is 10.9. The van der Waals surface area contributed by atoms with Gasteiger partial charge in [-0.15, -0.1) is 0 Å². The summed E-state index contributed by atoms with van der Waals surface area (Å²) in [5, 5.41) is 2.32. The van der Waals surface area contributed by atoms with Crippen molar-refractivity contribution in [3.05, 3.63) is 0 Å². The predicted octanol–water partition coefficient (Wildman–Crippen LogP) is 0.405. The normalized spacial score (nSPS) is 31.8. The van der Waals surface area contributed by atoms with Gasteiger partial charge in [0.1, 0.15) is 5.25 Å². The second-order valence-corrected chi connectivity index (χ2v) is 4.87. The molecule has 0 spiro atoms. The summed E-state index contributed by atoms with van der Waals surface area (Å²) in [5.41, 5.74) is 0. The number of nitrogens with one attached hydrogen (secondary N) is 1.